The Kier molecular flexibility index (Phi) is 22.5. The second kappa shape index (κ2) is 28.4. The molecule has 4 aliphatic heterocycles. The Morgan fingerprint density at radius 1 is 0.775 bits per heavy atom. The van der Waals surface area contributed by atoms with Crippen molar-refractivity contribution in [2.45, 2.75) is 193 Å². The summed E-state index contributed by atoms with van der Waals surface area (Å²) in [7, 11) is 3.80. The number of carbonyl (C=O) groups is 4. The molecule has 14 heteroatoms. The highest BCUT2D eigenvalue weighted by Crippen LogP contribution is 2.33. The lowest BCUT2D eigenvalue weighted by atomic mass is 9.83. The number of piperidine rings is 1. The number of aliphatic hydroxyl groups excluding tert-OH is 1. The molecule has 6 rings (SSSR count). The van der Waals surface area contributed by atoms with Gasteiger partial charge in [0.1, 0.15) is 24.0 Å². The molecular formula is C57H87N5O9. The third-order valence-electron chi connectivity index (χ3n) is 15.8. The summed E-state index contributed by atoms with van der Waals surface area (Å²) in [5, 5.41) is 11.2. The number of esters is 1. The maximum Gasteiger partial charge on any atom is 0.329 e. The Morgan fingerprint density at radius 3 is 2.25 bits per heavy atom. The van der Waals surface area contributed by atoms with E-state index in [-0.39, 0.29) is 54.4 Å². The van der Waals surface area contributed by atoms with Crippen LogP contribution in [0.5, 0.6) is 0 Å². The van der Waals surface area contributed by atoms with Gasteiger partial charge in [0, 0.05) is 76.6 Å². The third-order valence-corrected chi connectivity index (χ3v) is 15.8. The van der Waals surface area contributed by atoms with Crippen molar-refractivity contribution in [1.29, 1.82) is 0 Å². The molecule has 1 amide bonds. The van der Waals surface area contributed by atoms with Crippen molar-refractivity contribution in [2.75, 3.05) is 51.8 Å². The average molecular weight is 986 g/mol. The summed E-state index contributed by atoms with van der Waals surface area (Å²) in [4.78, 5) is 71.0. The van der Waals surface area contributed by atoms with Crippen molar-refractivity contribution < 1.29 is 43.2 Å². The molecule has 71 heavy (non-hydrogen) atoms. The number of aliphatic hydroxyl groups is 1. The zero-order valence-corrected chi connectivity index (χ0v) is 44.2. The number of Topliss-reactive ketones (excluding diaryl/α,β-unsaturated/α-hetero) is 2. The fraction of sp³-hybridized carbons (Fsp3) is 0.719. The van der Waals surface area contributed by atoms with Gasteiger partial charge in [-0.25, -0.2) is 14.8 Å². The van der Waals surface area contributed by atoms with Gasteiger partial charge < -0.3 is 38.8 Å². The van der Waals surface area contributed by atoms with Crippen LogP contribution in [0, 0.1) is 23.7 Å². The molecule has 5 heterocycles. The van der Waals surface area contributed by atoms with Crippen LogP contribution in [0.1, 0.15) is 149 Å². The normalized spacial score (nSPS) is 33.7. The van der Waals surface area contributed by atoms with Gasteiger partial charge in [0.25, 0.3) is 5.91 Å². The smallest absolute Gasteiger partial charge is 0.329 e. The molecule has 14 nitrogen and oxygen atoms in total. The second-order valence-electron chi connectivity index (χ2n) is 21.7. The Morgan fingerprint density at radius 2 is 1.52 bits per heavy atom. The first-order valence-corrected chi connectivity index (χ1v) is 27.2. The molecule has 9 unspecified atom stereocenters. The van der Waals surface area contributed by atoms with Crippen LogP contribution < -0.4 is 4.90 Å². The largest absolute Gasteiger partial charge is 0.461 e. The summed E-state index contributed by atoms with van der Waals surface area (Å²) in [5.41, 5.74) is 2.74. The predicted octanol–water partition coefficient (Wildman–Crippen LogP) is 8.71. The van der Waals surface area contributed by atoms with Gasteiger partial charge >= 0.3 is 5.97 Å². The summed E-state index contributed by atoms with van der Waals surface area (Å²) in [6, 6.07) is -0.842. The number of piperazine rings is 1. The van der Waals surface area contributed by atoms with Gasteiger partial charge in [-0.2, -0.15) is 0 Å². The first-order valence-electron chi connectivity index (χ1n) is 27.2. The minimum atomic E-state index is -0.876. The Bertz CT molecular complexity index is 1990. The molecular weight excluding hydrogens is 899 g/mol. The fourth-order valence-corrected chi connectivity index (χ4v) is 11.0. The molecule has 3 saturated heterocycles. The monoisotopic (exact) mass is 986 g/mol. The number of methoxy groups -OCH3 is 1. The van der Waals surface area contributed by atoms with Crippen molar-refractivity contribution in [1.82, 2.24) is 19.8 Å². The van der Waals surface area contributed by atoms with E-state index in [0.29, 0.717) is 70.4 Å². The van der Waals surface area contributed by atoms with Crippen LogP contribution in [-0.2, 0) is 44.7 Å². The van der Waals surface area contributed by atoms with Crippen LogP contribution >= 0.6 is 0 Å². The molecule has 1 saturated carbocycles. The third kappa shape index (κ3) is 17.5. The molecule has 394 valence electrons. The molecule has 1 aromatic rings. The first-order chi connectivity index (χ1) is 34.2. The van der Waals surface area contributed by atoms with Crippen LogP contribution in [0.25, 0.3) is 0 Å². The zero-order chi connectivity index (χ0) is 50.9. The van der Waals surface area contributed by atoms with Crippen LogP contribution in [0.4, 0.5) is 5.95 Å². The maximum atomic E-state index is 14.3. The number of rotatable bonds is 8. The molecule has 5 aliphatic rings. The van der Waals surface area contributed by atoms with Crippen molar-refractivity contribution in [3.63, 3.8) is 0 Å². The highest BCUT2D eigenvalue weighted by atomic mass is 16.5. The topological polar surface area (TPSA) is 161 Å². The van der Waals surface area contributed by atoms with E-state index in [4.69, 9.17) is 18.9 Å². The highest BCUT2D eigenvalue weighted by molar-refractivity contribution is 6.38. The lowest BCUT2D eigenvalue weighted by Crippen LogP contribution is -2.54. The summed E-state index contributed by atoms with van der Waals surface area (Å²) < 4.78 is 25.0. The van der Waals surface area contributed by atoms with Gasteiger partial charge in [-0.3, -0.25) is 14.4 Å². The summed E-state index contributed by atoms with van der Waals surface area (Å²) in [5.74, 6) is -0.418. The van der Waals surface area contributed by atoms with E-state index < -0.39 is 35.9 Å². The number of nitrogens with zero attached hydrogens (tertiary/aromatic N) is 5. The molecule has 0 aromatic carbocycles. The van der Waals surface area contributed by atoms with Crippen molar-refractivity contribution in [3.05, 3.63) is 65.6 Å². The SMILES string of the molecule is COC1CC2CCCC(O2)C(=O)C(=O)N2CCCCC2C(=O)OC(CCC2CCC(OCc3cnc(N4CCN(C)CC4)nc3)CC2)CCC(C)/C=C(\C)C(O)CC(=O)C(C)CC(C)/C=C/C=CC=C1C. The number of allylic oxidation sites excluding steroid dienone is 6. The van der Waals surface area contributed by atoms with E-state index in [1.165, 1.54) is 4.90 Å². The number of amides is 1. The average Bonchev–Trinajstić information content (AvgIpc) is 3.37. The van der Waals surface area contributed by atoms with Gasteiger partial charge in [-0.05, 0) is 146 Å². The van der Waals surface area contributed by atoms with E-state index in [9.17, 15) is 24.3 Å². The molecule has 0 spiro atoms. The number of carbonyl (C=O) groups excluding carboxylic acids is 4. The second-order valence-corrected chi connectivity index (χ2v) is 21.7. The predicted molar refractivity (Wildman–Crippen MR) is 276 cm³/mol. The number of fused-ring (bicyclic) bond motifs is 3. The molecule has 2 bridgehead atoms. The van der Waals surface area contributed by atoms with E-state index in [1.54, 1.807) is 7.11 Å². The fourth-order valence-electron chi connectivity index (χ4n) is 11.0. The minimum Gasteiger partial charge on any atom is -0.461 e. The van der Waals surface area contributed by atoms with E-state index >= 15 is 0 Å². The summed E-state index contributed by atoms with van der Waals surface area (Å²) in [6.45, 7) is 14.7. The zero-order valence-electron chi connectivity index (χ0n) is 44.2. The minimum absolute atomic E-state index is 0.0423. The van der Waals surface area contributed by atoms with Gasteiger partial charge in [0.15, 0.2) is 0 Å². The lowest BCUT2D eigenvalue weighted by Gasteiger charge is -2.36. The Labute approximate surface area is 425 Å². The van der Waals surface area contributed by atoms with Crippen molar-refractivity contribution in [3.8, 4) is 0 Å². The standard InChI is InChI=1S/C57H87N5O9/c1-39-14-9-8-10-15-41(3)53(68-7)34-48-16-13-18-52(70-48)54(65)55(66)62-27-12-11-17-49(62)56(67)71-47(23-19-40(2)33-43(5)51(64)35-50(63)42(4)32-39)26-22-44-20-24-46(25-21-44)69-38-45-36-58-57(59-37-45)61-30-28-60(6)29-31-61/h8-10,14-15,33,36-37,39-40,42,44,46-49,51-53,64H,11-13,16-32,34-35,38H2,1-7H3/b10-8?,14-9+,41-15?,43-33+. The lowest BCUT2D eigenvalue weighted by molar-refractivity contribution is -0.167. The first kappa shape index (κ1) is 56.2. The number of cyclic esters (lactones) is 1. The van der Waals surface area contributed by atoms with Crippen molar-refractivity contribution >= 4 is 29.4 Å². The number of ether oxygens (including phenoxy) is 4. The molecule has 1 N–H and O–H groups in total. The quantitative estimate of drug-likeness (QED) is 0.150. The highest BCUT2D eigenvalue weighted by Gasteiger charge is 2.41. The molecule has 4 fully saturated rings. The number of anilines is 1. The van der Waals surface area contributed by atoms with Gasteiger partial charge in [0.2, 0.25) is 11.7 Å². The summed E-state index contributed by atoms with van der Waals surface area (Å²) >= 11 is 0. The number of aromatic nitrogens is 2. The van der Waals surface area contributed by atoms with E-state index in [0.717, 1.165) is 100 Å². The maximum absolute atomic E-state index is 14.3. The van der Waals surface area contributed by atoms with Crippen molar-refractivity contribution in [2.24, 2.45) is 23.7 Å². The van der Waals surface area contributed by atoms with Gasteiger partial charge in [-0.1, -0.05) is 57.2 Å². The Hall–Kier alpha value is -4.08. The van der Waals surface area contributed by atoms with Crippen LogP contribution in [0.2, 0.25) is 0 Å². The Balaban J connectivity index is 1.11. The number of ketones is 2. The summed E-state index contributed by atoms with van der Waals surface area (Å²) in [6.07, 6.45) is 25.3. The molecule has 9 atom stereocenters. The number of hydrogen-bond acceptors (Lipinski definition) is 13. The molecule has 0 radical (unpaired) electrons. The number of likely N-dealkylation sites (N-methyl/N-ethyl adjacent to an activating group) is 1. The number of hydrogen-bond donors (Lipinski definition) is 1. The van der Waals surface area contributed by atoms with Crippen LogP contribution in [0.15, 0.2) is 60.0 Å². The van der Waals surface area contributed by atoms with Crippen LogP contribution in [0.3, 0.4) is 0 Å². The molecule has 1 aromatic heterocycles. The van der Waals surface area contributed by atoms with E-state index in [1.807, 2.05) is 63.5 Å². The van der Waals surface area contributed by atoms with Gasteiger partial charge in [-0.15, -0.1) is 0 Å². The van der Waals surface area contributed by atoms with Crippen LogP contribution in [-0.4, -0.2) is 138 Å². The molecule has 1 aliphatic carbocycles. The van der Waals surface area contributed by atoms with Gasteiger partial charge in [0.05, 0.1) is 31.0 Å². The van der Waals surface area contributed by atoms with E-state index in [2.05, 4.69) is 46.7 Å².